The first-order valence-electron chi connectivity index (χ1n) is 7.94. The number of hydrogen-bond acceptors (Lipinski definition) is 1. The van der Waals surface area contributed by atoms with Gasteiger partial charge in [-0.05, 0) is 38.0 Å². The molecule has 2 aromatic heterocycles. The zero-order chi connectivity index (χ0) is 16.1. The van der Waals surface area contributed by atoms with E-state index in [4.69, 9.17) is 0 Å². The minimum absolute atomic E-state index is 1.29. The van der Waals surface area contributed by atoms with Crippen LogP contribution in [0.2, 0.25) is 0 Å². The molecule has 0 spiro atoms. The van der Waals surface area contributed by atoms with Crippen LogP contribution in [0.25, 0.3) is 31.4 Å². The summed E-state index contributed by atoms with van der Waals surface area (Å²) in [6, 6.07) is 15.6. The van der Waals surface area contributed by atoms with E-state index in [9.17, 15) is 0 Å². The predicted molar refractivity (Wildman–Crippen MR) is 100 cm³/mol. The third-order valence-corrected chi connectivity index (χ3v) is 5.96. The highest BCUT2D eigenvalue weighted by Gasteiger charge is 2.19. The first-order valence-corrected chi connectivity index (χ1v) is 8.76. The van der Waals surface area contributed by atoms with Gasteiger partial charge in [0.2, 0.25) is 5.69 Å². The number of benzene rings is 2. The fourth-order valence-corrected chi connectivity index (χ4v) is 4.65. The zero-order valence-corrected chi connectivity index (χ0v) is 14.8. The van der Waals surface area contributed by atoms with Crippen molar-refractivity contribution in [3.05, 3.63) is 65.4 Å². The average molecular weight is 318 g/mol. The van der Waals surface area contributed by atoms with Crippen molar-refractivity contribution in [3.63, 3.8) is 0 Å². The molecule has 23 heavy (non-hydrogen) atoms. The fourth-order valence-electron chi connectivity index (χ4n) is 3.34. The number of hydrogen-bond donors (Lipinski definition) is 0. The highest BCUT2D eigenvalue weighted by Crippen LogP contribution is 2.40. The maximum absolute atomic E-state index is 2.32. The van der Waals surface area contributed by atoms with Crippen LogP contribution in [0, 0.1) is 20.8 Å². The Hall–Kier alpha value is -2.19. The summed E-state index contributed by atoms with van der Waals surface area (Å²) in [6.07, 6.45) is 2.23. The largest absolute Gasteiger partial charge is 0.214 e. The van der Waals surface area contributed by atoms with E-state index in [2.05, 4.69) is 81.0 Å². The van der Waals surface area contributed by atoms with E-state index in [1.807, 2.05) is 11.3 Å². The minimum atomic E-state index is 1.29. The van der Waals surface area contributed by atoms with Crippen molar-refractivity contribution >= 4 is 31.5 Å². The number of pyridine rings is 1. The molecular weight excluding hydrogens is 298 g/mol. The lowest BCUT2D eigenvalue weighted by molar-refractivity contribution is -0.660. The lowest BCUT2D eigenvalue weighted by Gasteiger charge is -2.08. The Kier molecular flexibility index (Phi) is 3.24. The van der Waals surface area contributed by atoms with Crippen LogP contribution < -0.4 is 4.57 Å². The molecule has 0 unspecified atom stereocenters. The van der Waals surface area contributed by atoms with Gasteiger partial charge in [-0.25, -0.2) is 4.57 Å². The molecule has 0 fully saturated rings. The number of nitrogens with zero attached hydrogens (tertiary/aromatic N) is 1. The molecule has 2 aromatic carbocycles. The van der Waals surface area contributed by atoms with Gasteiger partial charge in [0.05, 0.1) is 5.56 Å². The van der Waals surface area contributed by atoms with Gasteiger partial charge in [-0.1, -0.05) is 30.3 Å². The van der Waals surface area contributed by atoms with E-state index in [0.717, 1.165) is 0 Å². The van der Waals surface area contributed by atoms with E-state index < -0.39 is 0 Å². The van der Waals surface area contributed by atoms with Crippen LogP contribution >= 0.6 is 11.3 Å². The van der Waals surface area contributed by atoms with Gasteiger partial charge >= 0.3 is 0 Å². The molecule has 2 heteroatoms. The van der Waals surface area contributed by atoms with Crippen LogP contribution in [-0.2, 0) is 7.05 Å². The third kappa shape index (κ3) is 2.17. The molecule has 0 aliphatic heterocycles. The van der Waals surface area contributed by atoms with Crippen molar-refractivity contribution in [1.82, 2.24) is 0 Å². The van der Waals surface area contributed by atoms with E-state index in [1.165, 1.54) is 48.1 Å². The number of fused-ring (bicyclic) bond motifs is 3. The molecule has 0 aliphatic carbocycles. The van der Waals surface area contributed by atoms with Crippen molar-refractivity contribution in [1.29, 1.82) is 0 Å². The van der Waals surface area contributed by atoms with E-state index >= 15 is 0 Å². The fraction of sp³-hybridized carbons (Fsp3) is 0.190. The molecule has 0 saturated carbocycles. The number of aryl methyl sites for hydroxylation is 4. The van der Waals surface area contributed by atoms with Crippen molar-refractivity contribution in [3.8, 4) is 11.3 Å². The SMILES string of the molecule is Cc1cc(-c2c(C)ccc3c2sc2ccccc23)[n+](C)cc1C. The smallest absolute Gasteiger partial charge is 0.201 e. The lowest BCUT2D eigenvalue weighted by Crippen LogP contribution is -2.31. The second-order valence-corrected chi connectivity index (χ2v) is 7.42. The molecule has 0 amide bonds. The molecule has 0 atom stereocenters. The van der Waals surface area contributed by atoms with Gasteiger partial charge in [-0.2, -0.15) is 0 Å². The van der Waals surface area contributed by atoms with Crippen molar-refractivity contribution in [2.24, 2.45) is 7.05 Å². The Bertz CT molecular complexity index is 1060. The second kappa shape index (κ2) is 5.17. The number of rotatable bonds is 1. The highest BCUT2D eigenvalue weighted by atomic mass is 32.1. The summed E-state index contributed by atoms with van der Waals surface area (Å²) in [6.45, 7) is 6.58. The maximum atomic E-state index is 2.32. The van der Waals surface area contributed by atoms with E-state index in [-0.39, 0.29) is 0 Å². The summed E-state index contributed by atoms with van der Waals surface area (Å²) in [4.78, 5) is 0. The van der Waals surface area contributed by atoms with Gasteiger partial charge in [0.1, 0.15) is 7.05 Å². The molecule has 0 radical (unpaired) electrons. The van der Waals surface area contributed by atoms with Crippen LogP contribution in [0.3, 0.4) is 0 Å². The Morgan fingerprint density at radius 2 is 1.61 bits per heavy atom. The van der Waals surface area contributed by atoms with Gasteiger partial charge in [0, 0.05) is 31.8 Å². The summed E-state index contributed by atoms with van der Waals surface area (Å²) in [5.74, 6) is 0. The normalized spacial score (nSPS) is 11.5. The molecule has 4 rings (SSSR count). The Balaban J connectivity index is 2.15. The van der Waals surface area contributed by atoms with Crippen LogP contribution in [0.15, 0.2) is 48.7 Å². The van der Waals surface area contributed by atoms with Gasteiger partial charge in [-0.3, -0.25) is 0 Å². The Labute approximate surface area is 140 Å². The van der Waals surface area contributed by atoms with Crippen molar-refractivity contribution in [2.45, 2.75) is 20.8 Å². The lowest BCUT2D eigenvalue weighted by atomic mass is 9.99. The van der Waals surface area contributed by atoms with E-state index in [0.29, 0.717) is 0 Å². The number of aromatic nitrogens is 1. The molecule has 1 nitrogen and oxygen atoms in total. The standard InChI is InChI=1S/C21H20NS/c1-13-9-10-17-16-7-5-6-8-19(16)23-21(17)20(13)18-11-14(2)15(3)12-22(18)4/h5-12H,1-4H3/q+1. The zero-order valence-electron chi connectivity index (χ0n) is 14.0. The second-order valence-electron chi connectivity index (χ2n) is 6.37. The van der Waals surface area contributed by atoms with Crippen LogP contribution in [0.5, 0.6) is 0 Å². The molecule has 2 heterocycles. The monoisotopic (exact) mass is 318 g/mol. The average Bonchev–Trinajstić information content (AvgIpc) is 2.90. The summed E-state index contributed by atoms with van der Waals surface area (Å²) < 4.78 is 5.01. The molecule has 0 saturated heterocycles. The van der Waals surface area contributed by atoms with Crippen molar-refractivity contribution in [2.75, 3.05) is 0 Å². The molecule has 0 N–H and O–H groups in total. The predicted octanol–water partition coefficient (Wildman–Crippen LogP) is 5.47. The first-order chi connectivity index (χ1) is 11.1. The first kappa shape index (κ1) is 14.4. The molecular formula is C21H20NS+. The molecule has 0 bridgehead atoms. The Morgan fingerprint density at radius 3 is 2.43 bits per heavy atom. The minimum Gasteiger partial charge on any atom is -0.201 e. The van der Waals surface area contributed by atoms with Crippen molar-refractivity contribution < 1.29 is 4.57 Å². The summed E-state index contributed by atoms with van der Waals surface area (Å²) in [7, 11) is 2.15. The molecule has 114 valence electrons. The van der Waals surface area contributed by atoms with Crippen LogP contribution in [0.4, 0.5) is 0 Å². The summed E-state index contributed by atoms with van der Waals surface area (Å²) >= 11 is 1.90. The topological polar surface area (TPSA) is 3.88 Å². The van der Waals surface area contributed by atoms with E-state index in [1.54, 1.807) is 0 Å². The highest BCUT2D eigenvalue weighted by molar-refractivity contribution is 7.26. The quantitative estimate of drug-likeness (QED) is 0.410. The maximum Gasteiger partial charge on any atom is 0.214 e. The van der Waals surface area contributed by atoms with Gasteiger partial charge < -0.3 is 0 Å². The van der Waals surface area contributed by atoms with Gasteiger partial charge in [0.15, 0.2) is 6.20 Å². The third-order valence-electron chi connectivity index (χ3n) is 4.75. The van der Waals surface area contributed by atoms with Gasteiger partial charge in [-0.15, -0.1) is 11.3 Å². The molecule has 0 aliphatic rings. The molecule has 4 aromatic rings. The summed E-state index contributed by atoms with van der Waals surface area (Å²) in [5.41, 5.74) is 6.67. The van der Waals surface area contributed by atoms with Gasteiger partial charge in [0.25, 0.3) is 0 Å². The Morgan fingerprint density at radius 1 is 0.826 bits per heavy atom. The van der Waals surface area contributed by atoms with Crippen LogP contribution in [0.1, 0.15) is 16.7 Å². The summed E-state index contributed by atoms with van der Waals surface area (Å²) in [5, 5.41) is 2.73. The number of thiophene rings is 1. The van der Waals surface area contributed by atoms with Crippen LogP contribution in [-0.4, -0.2) is 0 Å².